The Morgan fingerprint density at radius 3 is 2.12 bits per heavy atom. The van der Waals surface area contributed by atoms with Crippen LogP contribution in [0.3, 0.4) is 0 Å². The molecule has 0 amide bonds. The fourth-order valence-corrected chi connectivity index (χ4v) is 1.29. The van der Waals surface area contributed by atoms with E-state index < -0.39 is 0 Å². The van der Waals surface area contributed by atoms with Gasteiger partial charge in [-0.2, -0.15) is 0 Å². The van der Waals surface area contributed by atoms with Crippen molar-refractivity contribution in [1.29, 1.82) is 0 Å². The molecule has 0 saturated carbocycles. The first kappa shape index (κ1) is 6.09. The zero-order valence-corrected chi connectivity index (χ0v) is 6.02. The Hall–Kier alpha value is -0.0400. The van der Waals surface area contributed by atoms with Crippen molar-refractivity contribution in [2.24, 2.45) is 5.92 Å². The van der Waals surface area contributed by atoms with Crippen LogP contribution in [0, 0.1) is 5.92 Å². The number of rotatable bonds is 0. The maximum absolute atomic E-state index is 2.42. The van der Waals surface area contributed by atoms with E-state index in [0.29, 0.717) is 0 Å². The molecule has 1 aliphatic heterocycles. The molecule has 0 aliphatic carbocycles. The van der Waals surface area contributed by atoms with E-state index in [0.717, 1.165) is 12.0 Å². The number of nitrogens with zero attached hydrogens (tertiary/aromatic N) is 1. The smallest absolute Gasteiger partial charge is 0.00899 e. The highest BCUT2D eigenvalue weighted by Gasteiger charge is 2.23. The predicted octanol–water partition coefficient (Wildman–Crippen LogP) is 1.35. The predicted molar refractivity (Wildman–Crippen MR) is 35.9 cm³/mol. The van der Waals surface area contributed by atoms with Crippen molar-refractivity contribution < 1.29 is 0 Å². The quantitative estimate of drug-likeness (QED) is 0.458. The molecular formula is C7H15N. The molecule has 0 aromatic heterocycles. The lowest BCUT2D eigenvalue weighted by Gasteiger charge is -2.16. The molecule has 2 atom stereocenters. The topological polar surface area (TPSA) is 3.24 Å². The van der Waals surface area contributed by atoms with Gasteiger partial charge in [0.1, 0.15) is 0 Å². The van der Waals surface area contributed by atoms with Crippen molar-refractivity contribution in [3.05, 3.63) is 0 Å². The van der Waals surface area contributed by atoms with Crippen LogP contribution < -0.4 is 0 Å². The lowest BCUT2D eigenvalue weighted by molar-refractivity contribution is 0.301. The van der Waals surface area contributed by atoms with Crippen LogP contribution in [-0.2, 0) is 0 Å². The third kappa shape index (κ3) is 0.873. The third-order valence-electron chi connectivity index (χ3n) is 2.46. The van der Waals surface area contributed by atoms with Crippen molar-refractivity contribution in [3.63, 3.8) is 0 Å². The Bertz CT molecular complexity index is 70.5. The fraction of sp³-hybridized carbons (Fsp3) is 1.00. The van der Waals surface area contributed by atoms with Gasteiger partial charge in [0.15, 0.2) is 0 Å². The molecule has 0 aromatic rings. The molecule has 48 valence electrons. The molecule has 8 heavy (non-hydrogen) atoms. The summed E-state index contributed by atoms with van der Waals surface area (Å²) in [5, 5.41) is 0. The average molecular weight is 113 g/mol. The molecule has 1 heterocycles. The van der Waals surface area contributed by atoms with Gasteiger partial charge >= 0.3 is 0 Å². The van der Waals surface area contributed by atoms with Crippen LogP contribution in [-0.4, -0.2) is 24.5 Å². The maximum atomic E-state index is 2.42. The minimum absolute atomic E-state index is 0.815. The second-order valence-electron chi connectivity index (χ2n) is 2.99. The van der Waals surface area contributed by atoms with Crippen LogP contribution >= 0.6 is 0 Å². The van der Waals surface area contributed by atoms with E-state index in [1.54, 1.807) is 0 Å². The van der Waals surface area contributed by atoms with E-state index >= 15 is 0 Å². The summed E-state index contributed by atoms with van der Waals surface area (Å²) < 4.78 is 0. The van der Waals surface area contributed by atoms with Gasteiger partial charge in [-0.1, -0.05) is 6.92 Å². The summed E-state index contributed by atoms with van der Waals surface area (Å²) in [6.07, 6.45) is 1.39. The summed E-state index contributed by atoms with van der Waals surface area (Å²) in [7, 11) is 2.20. The summed E-state index contributed by atoms with van der Waals surface area (Å²) in [5.74, 6) is 0.917. The number of hydrogen-bond acceptors (Lipinski definition) is 1. The van der Waals surface area contributed by atoms with Crippen LogP contribution in [0.15, 0.2) is 0 Å². The molecule has 1 heteroatoms. The molecule has 0 aromatic carbocycles. The molecule has 1 fully saturated rings. The normalized spacial score (nSPS) is 40.9. The summed E-state index contributed by atoms with van der Waals surface area (Å²) in [5.41, 5.74) is 0. The van der Waals surface area contributed by atoms with E-state index in [1.165, 1.54) is 13.0 Å². The minimum Gasteiger partial charge on any atom is -0.303 e. The fourth-order valence-electron chi connectivity index (χ4n) is 1.29. The van der Waals surface area contributed by atoms with E-state index in [4.69, 9.17) is 0 Å². The maximum Gasteiger partial charge on any atom is 0.00899 e. The molecule has 0 spiro atoms. The first-order valence-electron chi connectivity index (χ1n) is 3.42. The minimum atomic E-state index is 0.815. The molecule has 0 bridgehead atoms. The van der Waals surface area contributed by atoms with Gasteiger partial charge in [0, 0.05) is 6.04 Å². The number of likely N-dealkylation sites (tertiary alicyclic amines) is 1. The largest absolute Gasteiger partial charge is 0.303 e. The first-order chi connectivity index (χ1) is 3.72. The van der Waals surface area contributed by atoms with Crippen molar-refractivity contribution in [2.45, 2.75) is 26.3 Å². The molecule has 0 unspecified atom stereocenters. The molecule has 0 radical (unpaired) electrons. The van der Waals surface area contributed by atoms with Crippen molar-refractivity contribution in [3.8, 4) is 0 Å². The lowest BCUT2D eigenvalue weighted by Crippen LogP contribution is -2.24. The lowest BCUT2D eigenvalue weighted by atomic mass is 10.1. The van der Waals surface area contributed by atoms with Crippen molar-refractivity contribution >= 4 is 0 Å². The Labute approximate surface area is 51.7 Å². The molecular weight excluding hydrogens is 98.1 g/mol. The van der Waals surface area contributed by atoms with Gasteiger partial charge in [0.25, 0.3) is 0 Å². The van der Waals surface area contributed by atoms with E-state index in [1.807, 2.05) is 0 Å². The SMILES string of the molecule is C[C@@H]1[C@@H](C)CCN1C. The first-order valence-corrected chi connectivity index (χ1v) is 3.42. The summed E-state index contributed by atoms with van der Waals surface area (Å²) >= 11 is 0. The van der Waals surface area contributed by atoms with Crippen LogP contribution in [0.5, 0.6) is 0 Å². The van der Waals surface area contributed by atoms with E-state index in [9.17, 15) is 0 Å². The Morgan fingerprint density at radius 2 is 2.00 bits per heavy atom. The van der Waals surface area contributed by atoms with E-state index in [-0.39, 0.29) is 0 Å². The molecule has 1 nitrogen and oxygen atoms in total. The van der Waals surface area contributed by atoms with Crippen LogP contribution in [0.1, 0.15) is 20.3 Å². The Balaban J connectivity index is 2.44. The van der Waals surface area contributed by atoms with Gasteiger partial charge in [-0.15, -0.1) is 0 Å². The zero-order valence-electron chi connectivity index (χ0n) is 6.02. The molecule has 1 aliphatic rings. The summed E-state index contributed by atoms with van der Waals surface area (Å²) in [6.45, 7) is 5.92. The number of hydrogen-bond donors (Lipinski definition) is 0. The standard InChI is InChI=1S/C7H15N/c1-6-4-5-8(3)7(6)2/h6-7H,4-5H2,1-3H3/t6-,7+/m0/s1. The second kappa shape index (κ2) is 2.06. The summed E-state index contributed by atoms with van der Waals surface area (Å²) in [4.78, 5) is 2.42. The molecule has 1 rings (SSSR count). The average Bonchev–Trinajstić information content (AvgIpc) is 1.98. The highest BCUT2D eigenvalue weighted by atomic mass is 15.1. The van der Waals surface area contributed by atoms with E-state index in [2.05, 4.69) is 25.8 Å². The van der Waals surface area contributed by atoms with Crippen LogP contribution in [0.2, 0.25) is 0 Å². The van der Waals surface area contributed by atoms with Gasteiger partial charge in [-0.05, 0) is 32.9 Å². The van der Waals surface area contributed by atoms with Gasteiger partial charge in [0.05, 0.1) is 0 Å². The Kier molecular flexibility index (Phi) is 1.57. The summed E-state index contributed by atoms with van der Waals surface area (Å²) in [6, 6.07) is 0.815. The zero-order chi connectivity index (χ0) is 6.15. The van der Waals surface area contributed by atoms with Crippen LogP contribution in [0.25, 0.3) is 0 Å². The highest BCUT2D eigenvalue weighted by Crippen LogP contribution is 2.20. The molecule has 0 N–H and O–H groups in total. The molecule has 1 saturated heterocycles. The van der Waals surface area contributed by atoms with Crippen molar-refractivity contribution in [1.82, 2.24) is 4.90 Å². The Morgan fingerprint density at radius 1 is 1.38 bits per heavy atom. The highest BCUT2D eigenvalue weighted by molar-refractivity contribution is 4.77. The van der Waals surface area contributed by atoms with Crippen LogP contribution in [0.4, 0.5) is 0 Å². The van der Waals surface area contributed by atoms with Crippen molar-refractivity contribution in [2.75, 3.05) is 13.6 Å². The third-order valence-corrected chi connectivity index (χ3v) is 2.46. The van der Waals surface area contributed by atoms with Gasteiger partial charge in [0.2, 0.25) is 0 Å². The van der Waals surface area contributed by atoms with Gasteiger partial charge in [-0.25, -0.2) is 0 Å². The van der Waals surface area contributed by atoms with Gasteiger partial charge in [-0.3, -0.25) is 0 Å². The van der Waals surface area contributed by atoms with Gasteiger partial charge < -0.3 is 4.90 Å². The second-order valence-corrected chi connectivity index (χ2v) is 2.99. The monoisotopic (exact) mass is 113 g/mol.